The lowest BCUT2D eigenvalue weighted by Crippen LogP contribution is -2.64. The van der Waals surface area contributed by atoms with Gasteiger partial charge in [-0.25, -0.2) is 4.39 Å². The maximum absolute atomic E-state index is 14.6. The molecule has 0 aromatic carbocycles. The molecular weight excluding hydrogens is 509 g/mol. The van der Waals surface area contributed by atoms with Gasteiger partial charge < -0.3 is 14.6 Å². The second-order valence-electron chi connectivity index (χ2n) is 14.6. The van der Waals surface area contributed by atoms with Crippen LogP contribution in [0.1, 0.15) is 84.5 Å². The van der Waals surface area contributed by atoms with Crippen LogP contribution in [0.4, 0.5) is 4.39 Å². The van der Waals surface area contributed by atoms with Crippen LogP contribution in [0.25, 0.3) is 0 Å². The van der Waals surface area contributed by atoms with Crippen LogP contribution in [0.15, 0.2) is 23.8 Å². The fourth-order valence-corrected chi connectivity index (χ4v) is 10.6. The fraction of sp³-hybridized carbons (Fsp3) is 0.818. The average Bonchev–Trinajstić information content (AvgIpc) is 3.44. The number of piperidine rings is 1. The van der Waals surface area contributed by atoms with Crippen molar-refractivity contribution in [2.45, 2.75) is 115 Å². The molecular formula is C33H46FNO5. The van der Waals surface area contributed by atoms with Crippen LogP contribution in [0.3, 0.4) is 0 Å². The van der Waals surface area contributed by atoms with E-state index in [1.165, 1.54) is 19.3 Å². The third kappa shape index (κ3) is 3.93. The molecule has 40 heavy (non-hydrogen) atoms. The van der Waals surface area contributed by atoms with E-state index in [1.807, 2.05) is 6.08 Å². The van der Waals surface area contributed by atoms with Gasteiger partial charge in [-0.3, -0.25) is 14.5 Å². The van der Waals surface area contributed by atoms with E-state index in [4.69, 9.17) is 9.47 Å². The zero-order chi connectivity index (χ0) is 27.9. The summed E-state index contributed by atoms with van der Waals surface area (Å²) in [5, 5.41) is 12.0. The van der Waals surface area contributed by atoms with Crippen LogP contribution in [0.5, 0.6) is 0 Å². The lowest BCUT2D eigenvalue weighted by molar-refractivity contribution is -0.209. The Morgan fingerprint density at radius 1 is 1.12 bits per heavy atom. The summed E-state index contributed by atoms with van der Waals surface area (Å²) in [7, 11) is 0. The summed E-state index contributed by atoms with van der Waals surface area (Å²) in [5.74, 6) is 0.803. The summed E-state index contributed by atoms with van der Waals surface area (Å²) in [4.78, 5) is 28.9. The minimum Gasteiger partial charge on any atom is -0.393 e. The smallest absolute Gasteiger partial charge is 0.181 e. The van der Waals surface area contributed by atoms with Crippen LogP contribution in [-0.4, -0.2) is 71.5 Å². The van der Waals surface area contributed by atoms with Crippen LogP contribution in [-0.2, 0) is 19.1 Å². The predicted molar refractivity (Wildman–Crippen MR) is 148 cm³/mol. The number of halogens is 1. The molecule has 6 fully saturated rings. The number of aliphatic hydroxyl groups is 1. The van der Waals surface area contributed by atoms with E-state index in [2.05, 4.69) is 18.7 Å². The summed E-state index contributed by atoms with van der Waals surface area (Å²) in [5.41, 5.74) is -0.861. The Hall–Kier alpha value is -1.41. The van der Waals surface area contributed by atoms with Gasteiger partial charge >= 0.3 is 0 Å². The Balaban J connectivity index is 1.23. The monoisotopic (exact) mass is 555 g/mol. The number of likely N-dealkylation sites (tertiary alicyclic amines) is 1. The molecule has 7 heteroatoms. The topological polar surface area (TPSA) is 76.1 Å². The molecule has 6 nitrogen and oxygen atoms in total. The largest absolute Gasteiger partial charge is 0.393 e. The fourth-order valence-electron chi connectivity index (χ4n) is 10.6. The Morgan fingerprint density at radius 2 is 1.88 bits per heavy atom. The number of alkyl halides is 1. The molecule has 7 rings (SSSR count). The molecule has 0 bridgehead atoms. The molecule has 220 valence electrons. The molecule has 5 aliphatic carbocycles. The number of fused-ring (bicyclic) bond motifs is 7. The molecule has 7 aliphatic rings. The number of Topliss-reactive ketones (excluding diaryl/α,β-unsaturated/α-hetero) is 1. The minimum atomic E-state index is -1.09. The first-order valence-electron chi connectivity index (χ1n) is 16.0. The molecule has 1 N–H and O–H groups in total. The number of hydrogen-bond acceptors (Lipinski definition) is 6. The quantitative estimate of drug-likeness (QED) is 0.530. The van der Waals surface area contributed by atoms with Gasteiger partial charge in [0.2, 0.25) is 0 Å². The molecule has 9 atom stereocenters. The molecule has 0 spiro atoms. The molecule has 2 heterocycles. The second-order valence-corrected chi connectivity index (χ2v) is 14.6. The molecule has 0 aromatic rings. The van der Waals surface area contributed by atoms with Crippen molar-refractivity contribution < 1.29 is 28.6 Å². The summed E-state index contributed by atoms with van der Waals surface area (Å²) in [6.07, 6.45) is 13.1. The molecule has 0 aromatic heterocycles. The highest BCUT2D eigenvalue weighted by Gasteiger charge is 2.76. The summed E-state index contributed by atoms with van der Waals surface area (Å²) >= 11 is 0. The summed E-state index contributed by atoms with van der Waals surface area (Å²) in [6.45, 7) is 5.82. The zero-order valence-electron chi connectivity index (χ0n) is 24.2. The second kappa shape index (κ2) is 9.82. The van der Waals surface area contributed by atoms with Gasteiger partial charge in [-0.05, 0) is 75.4 Å². The number of nitrogens with zero attached hydrogens (tertiary/aromatic N) is 1. The van der Waals surface area contributed by atoms with Crippen molar-refractivity contribution in [1.82, 2.24) is 4.90 Å². The third-order valence-electron chi connectivity index (χ3n) is 12.6. The van der Waals surface area contributed by atoms with Crippen LogP contribution >= 0.6 is 0 Å². The Kier molecular flexibility index (Phi) is 6.73. The van der Waals surface area contributed by atoms with Gasteiger partial charge in [0, 0.05) is 35.8 Å². The Morgan fingerprint density at radius 3 is 2.62 bits per heavy atom. The zero-order valence-corrected chi connectivity index (χ0v) is 24.2. The Bertz CT molecular complexity index is 1110. The number of allylic oxidation sites excluding steroid dienone is 4. The van der Waals surface area contributed by atoms with E-state index >= 15 is 0 Å². The molecule has 0 unspecified atom stereocenters. The number of ketones is 2. The van der Waals surface area contributed by atoms with Gasteiger partial charge in [-0.15, -0.1) is 0 Å². The first-order chi connectivity index (χ1) is 19.2. The number of hydrogen-bond donors (Lipinski definition) is 1. The van der Waals surface area contributed by atoms with Gasteiger partial charge in [-0.2, -0.15) is 0 Å². The lowest BCUT2D eigenvalue weighted by atomic mass is 9.46. The maximum atomic E-state index is 14.6. The van der Waals surface area contributed by atoms with Crippen LogP contribution in [0, 0.1) is 34.5 Å². The van der Waals surface area contributed by atoms with Crippen LogP contribution < -0.4 is 0 Å². The SMILES string of the molecule is C[C@]12C=CC(=O)C=C1CC[C@@H]1[C@@H]2[C@@H](O)C[C@@]2(C)[C@H]1C[C@H]1O[C@@H](C3CCCCC3)O[C@]12C(=O)CN1CCC(F)CC1. The lowest BCUT2D eigenvalue weighted by Gasteiger charge is -2.60. The van der Waals surface area contributed by atoms with Gasteiger partial charge in [0.25, 0.3) is 0 Å². The van der Waals surface area contributed by atoms with Gasteiger partial charge in [0.15, 0.2) is 23.5 Å². The van der Waals surface area contributed by atoms with Gasteiger partial charge in [0.05, 0.1) is 18.8 Å². The van der Waals surface area contributed by atoms with Crippen molar-refractivity contribution in [3.8, 4) is 0 Å². The number of carbonyl (C=O) groups is 2. The highest BCUT2D eigenvalue weighted by molar-refractivity contribution is 6.01. The molecule has 4 saturated carbocycles. The third-order valence-corrected chi connectivity index (χ3v) is 12.6. The number of aliphatic hydroxyl groups excluding tert-OH is 1. The van der Waals surface area contributed by atoms with Gasteiger partial charge in [-0.1, -0.05) is 44.8 Å². The normalized spacial score (nSPS) is 47.8. The number of carbonyl (C=O) groups excluding carboxylic acids is 2. The highest BCUT2D eigenvalue weighted by atomic mass is 19.1. The van der Waals surface area contributed by atoms with E-state index in [1.54, 1.807) is 12.2 Å². The van der Waals surface area contributed by atoms with E-state index in [-0.39, 0.29) is 53.7 Å². The van der Waals surface area contributed by atoms with E-state index in [0.29, 0.717) is 38.3 Å². The molecule has 0 amide bonds. The summed E-state index contributed by atoms with van der Waals surface area (Å²) in [6, 6.07) is 0. The van der Waals surface area contributed by atoms with Crippen LogP contribution in [0.2, 0.25) is 0 Å². The Labute approximate surface area is 237 Å². The van der Waals surface area contributed by atoms with Gasteiger partial charge in [0.1, 0.15) is 6.17 Å². The van der Waals surface area contributed by atoms with E-state index < -0.39 is 23.3 Å². The standard InChI is InChI=1S/C33H46FNO5/c1-31-13-10-23(36)16-21(31)8-9-24-25-17-28-33(32(25,2)18-26(37)29(24)31,27(38)19-35-14-11-22(34)12-15-35)40-30(39-28)20-6-4-3-5-7-20/h10,13,16,20,22,24-26,28-30,37H,3-9,11-12,14-15,17-19H2,1-2H3/t24-,25-,26-,28+,29+,30+,31-,32-,33+/m0/s1. The molecule has 2 aliphatic heterocycles. The van der Waals surface area contributed by atoms with E-state index in [9.17, 15) is 19.1 Å². The van der Waals surface area contributed by atoms with Crippen molar-refractivity contribution in [1.29, 1.82) is 0 Å². The first kappa shape index (κ1) is 27.4. The number of ether oxygens (including phenoxy) is 2. The maximum Gasteiger partial charge on any atom is 0.181 e. The van der Waals surface area contributed by atoms with Crippen molar-refractivity contribution >= 4 is 11.6 Å². The predicted octanol–water partition coefficient (Wildman–Crippen LogP) is 4.94. The molecule has 2 saturated heterocycles. The van der Waals surface area contributed by atoms with Crippen molar-refractivity contribution in [2.24, 2.45) is 34.5 Å². The van der Waals surface area contributed by atoms with Crippen molar-refractivity contribution in [2.75, 3.05) is 19.6 Å². The first-order valence-corrected chi connectivity index (χ1v) is 16.0. The van der Waals surface area contributed by atoms with Crippen molar-refractivity contribution in [3.05, 3.63) is 23.8 Å². The average molecular weight is 556 g/mol. The highest BCUT2D eigenvalue weighted by Crippen LogP contribution is 2.70. The minimum absolute atomic E-state index is 0.00127. The van der Waals surface area contributed by atoms with Crippen molar-refractivity contribution in [3.63, 3.8) is 0 Å². The summed E-state index contributed by atoms with van der Waals surface area (Å²) < 4.78 is 27.7. The van der Waals surface area contributed by atoms with E-state index in [0.717, 1.165) is 37.7 Å². The molecule has 0 radical (unpaired) electrons. The number of rotatable bonds is 4.